The van der Waals surface area contributed by atoms with Gasteiger partial charge in [-0.25, -0.2) is 0 Å². The monoisotopic (exact) mass is 450 g/mol. The van der Waals surface area contributed by atoms with Crippen molar-refractivity contribution in [2.45, 2.75) is 25.7 Å². The van der Waals surface area contributed by atoms with E-state index in [1.165, 1.54) is 38.8 Å². The summed E-state index contributed by atoms with van der Waals surface area (Å²) in [7, 11) is 0. The first-order chi connectivity index (χ1) is 9.66. The van der Waals surface area contributed by atoms with E-state index in [0.29, 0.717) is 5.56 Å². The van der Waals surface area contributed by atoms with Gasteiger partial charge in [-0.05, 0) is 82.7 Å². The van der Waals surface area contributed by atoms with E-state index in [-0.39, 0.29) is 5.91 Å². The minimum Gasteiger partial charge on any atom is -0.351 e. The smallest absolute Gasteiger partial charge is 0.252 e. The molecule has 0 spiro atoms. The zero-order valence-electron chi connectivity index (χ0n) is 11.5. The van der Waals surface area contributed by atoms with Crippen molar-refractivity contribution in [3.63, 3.8) is 0 Å². The maximum absolute atomic E-state index is 12.2. The molecule has 1 aliphatic rings. The van der Waals surface area contributed by atoms with E-state index in [2.05, 4.69) is 48.7 Å². The van der Waals surface area contributed by atoms with Crippen molar-refractivity contribution in [1.29, 1.82) is 0 Å². The summed E-state index contributed by atoms with van der Waals surface area (Å²) in [4.78, 5) is 14.6. The molecule has 0 unspecified atom stereocenters. The molecule has 1 N–H and O–H groups in total. The number of halogens is 2. The lowest BCUT2D eigenvalue weighted by molar-refractivity contribution is 0.0947. The molecule has 1 heterocycles. The van der Waals surface area contributed by atoms with E-state index < -0.39 is 0 Å². The molecule has 20 heavy (non-hydrogen) atoms. The van der Waals surface area contributed by atoms with Gasteiger partial charge in [-0.15, -0.1) is 0 Å². The lowest BCUT2D eigenvalue weighted by Gasteiger charge is -2.19. The van der Waals surface area contributed by atoms with Crippen LogP contribution in [-0.4, -0.2) is 37.0 Å². The van der Waals surface area contributed by atoms with Gasteiger partial charge in [0.2, 0.25) is 0 Å². The maximum atomic E-state index is 12.2. The Labute approximate surface area is 142 Å². The number of nitrogens with one attached hydrogen (secondary N) is 1. The van der Waals surface area contributed by atoms with E-state index in [1.54, 1.807) is 0 Å². The van der Waals surface area contributed by atoms with Gasteiger partial charge in [0.15, 0.2) is 0 Å². The number of amides is 1. The second kappa shape index (κ2) is 8.34. The Morgan fingerprint density at radius 1 is 1.25 bits per heavy atom. The Bertz CT molecular complexity index is 459. The number of hydrogen-bond acceptors (Lipinski definition) is 2. The number of carbonyl (C=O) groups is 1. The molecule has 3 nitrogen and oxygen atoms in total. The fourth-order valence-corrected chi connectivity index (χ4v) is 3.37. The first kappa shape index (κ1) is 16.2. The van der Waals surface area contributed by atoms with Crippen LogP contribution in [0, 0.1) is 3.57 Å². The average molecular weight is 451 g/mol. The molecule has 0 atom stereocenters. The van der Waals surface area contributed by atoms with Gasteiger partial charge in [0.05, 0.1) is 5.56 Å². The number of hydrogen-bond donors (Lipinski definition) is 1. The summed E-state index contributed by atoms with van der Waals surface area (Å²) in [5, 5.41) is 3.02. The molecule has 0 aromatic heterocycles. The number of rotatable bonds is 4. The van der Waals surface area contributed by atoms with Crippen molar-refractivity contribution < 1.29 is 4.79 Å². The Hall–Kier alpha value is -0.140. The first-order valence-electron chi connectivity index (χ1n) is 7.12. The Balaban J connectivity index is 1.81. The molecule has 0 saturated carbocycles. The van der Waals surface area contributed by atoms with Crippen molar-refractivity contribution in [1.82, 2.24) is 10.2 Å². The fraction of sp³-hybridized carbons (Fsp3) is 0.533. The van der Waals surface area contributed by atoms with Crippen molar-refractivity contribution in [2.75, 3.05) is 26.2 Å². The van der Waals surface area contributed by atoms with Crippen LogP contribution >= 0.6 is 38.5 Å². The summed E-state index contributed by atoms with van der Waals surface area (Å²) in [5.74, 6) is 0.00483. The van der Waals surface area contributed by atoms with Crippen LogP contribution in [0.1, 0.15) is 36.0 Å². The average Bonchev–Trinajstić information content (AvgIpc) is 2.70. The second-order valence-electron chi connectivity index (χ2n) is 5.14. The van der Waals surface area contributed by atoms with Crippen LogP contribution < -0.4 is 5.32 Å². The number of benzene rings is 1. The van der Waals surface area contributed by atoms with Crippen LogP contribution in [-0.2, 0) is 0 Å². The summed E-state index contributed by atoms with van der Waals surface area (Å²) < 4.78 is 1.92. The van der Waals surface area contributed by atoms with Gasteiger partial charge in [-0.1, -0.05) is 12.8 Å². The highest BCUT2D eigenvalue weighted by Crippen LogP contribution is 2.19. The SMILES string of the molecule is O=C(NCCN1CCCCCC1)c1cc(I)ccc1Br. The summed E-state index contributed by atoms with van der Waals surface area (Å²) in [6.45, 7) is 4.01. The van der Waals surface area contributed by atoms with Gasteiger partial charge < -0.3 is 10.2 Å². The lowest BCUT2D eigenvalue weighted by Crippen LogP contribution is -2.35. The van der Waals surface area contributed by atoms with Crippen molar-refractivity contribution in [3.8, 4) is 0 Å². The third-order valence-electron chi connectivity index (χ3n) is 3.59. The minimum atomic E-state index is 0.00483. The lowest BCUT2D eigenvalue weighted by atomic mass is 10.2. The molecule has 1 aliphatic heterocycles. The highest BCUT2D eigenvalue weighted by molar-refractivity contribution is 14.1. The quantitative estimate of drug-likeness (QED) is 0.710. The van der Waals surface area contributed by atoms with Crippen LogP contribution in [0.3, 0.4) is 0 Å². The molecule has 5 heteroatoms. The normalized spacial score (nSPS) is 16.7. The van der Waals surface area contributed by atoms with Gasteiger partial charge in [-0.2, -0.15) is 0 Å². The topological polar surface area (TPSA) is 32.3 Å². The van der Waals surface area contributed by atoms with Crippen LogP contribution in [0.4, 0.5) is 0 Å². The number of carbonyl (C=O) groups excluding carboxylic acids is 1. The molecule has 2 rings (SSSR count). The zero-order chi connectivity index (χ0) is 14.4. The molecule has 0 aliphatic carbocycles. The van der Waals surface area contributed by atoms with Gasteiger partial charge >= 0.3 is 0 Å². The largest absolute Gasteiger partial charge is 0.351 e. The molecular formula is C15H20BrIN2O. The predicted octanol–water partition coefficient (Wildman–Crippen LogP) is 3.66. The van der Waals surface area contributed by atoms with Crippen molar-refractivity contribution >= 4 is 44.4 Å². The maximum Gasteiger partial charge on any atom is 0.252 e. The third-order valence-corrected chi connectivity index (χ3v) is 4.95. The van der Waals surface area contributed by atoms with E-state index in [1.807, 2.05) is 18.2 Å². The number of nitrogens with zero attached hydrogens (tertiary/aromatic N) is 1. The van der Waals surface area contributed by atoms with E-state index in [4.69, 9.17) is 0 Å². The summed E-state index contributed by atoms with van der Waals surface area (Å²) >= 11 is 5.66. The summed E-state index contributed by atoms with van der Waals surface area (Å²) in [5.41, 5.74) is 0.716. The van der Waals surface area contributed by atoms with Crippen LogP contribution in [0.2, 0.25) is 0 Å². The molecule has 0 bridgehead atoms. The molecule has 1 fully saturated rings. The second-order valence-corrected chi connectivity index (χ2v) is 7.24. The van der Waals surface area contributed by atoms with Gasteiger partial charge in [-0.3, -0.25) is 4.79 Å². The molecule has 1 aromatic carbocycles. The highest BCUT2D eigenvalue weighted by Gasteiger charge is 2.12. The minimum absolute atomic E-state index is 0.00483. The van der Waals surface area contributed by atoms with Gasteiger partial charge in [0, 0.05) is 21.1 Å². The van der Waals surface area contributed by atoms with Crippen LogP contribution in [0.15, 0.2) is 22.7 Å². The van der Waals surface area contributed by atoms with Gasteiger partial charge in [0.25, 0.3) is 5.91 Å². The van der Waals surface area contributed by atoms with Crippen molar-refractivity contribution in [3.05, 3.63) is 31.8 Å². The van der Waals surface area contributed by atoms with Crippen LogP contribution in [0.25, 0.3) is 0 Å². The fourth-order valence-electron chi connectivity index (χ4n) is 2.45. The molecule has 1 aromatic rings. The Kier molecular flexibility index (Phi) is 6.77. The summed E-state index contributed by atoms with van der Waals surface area (Å²) in [6.07, 6.45) is 5.27. The molecule has 0 radical (unpaired) electrons. The third kappa shape index (κ3) is 5.00. The van der Waals surface area contributed by atoms with E-state index >= 15 is 0 Å². The Morgan fingerprint density at radius 3 is 2.65 bits per heavy atom. The van der Waals surface area contributed by atoms with Crippen molar-refractivity contribution in [2.24, 2.45) is 0 Å². The first-order valence-corrected chi connectivity index (χ1v) is 8.99. The Morgan fingerprint density at radius 2 is 1.95 bits per heavy atom. The van der Waals surface area contributed by atoms with Gasteiger partial charge in [0.1, 0.15) is 0 Å². The molecule has 110 valence electrons. The summed E-state index contributed by atoms with van der Waals surface area (Å²) in [6, 6.07) is 5.82. The molecular weight excluding hydrogens is 431 g/mol. The van der Waals surface area contributed by atoms with E-state index in [9.17, 15) is 4.79 Å². The van der Waals surface area contributed by atoms with Crippen LogP contribution in [0.5, 0.6) is 0 Å². The number of likely N-dealkylation sites (tertiary alicyclic amines) is 1. The zero-order valence-corrected chi connectivity index (χ0v) is 15.2. The predicted molar refractivity (Wildman–Crippen MR) is 94.1 cm³/mol. The highest BCUT2D eigenvalue weighted by atomic mass is 127. The molecule has 1 amide bonds. The molecule has 1 saturated heterocycles. The standard InChI is InChI=1S/C15H20BrIN2O/c16-14-6-5-12(17)11-13(14)15(20)18-7-10-19-8-3-1-2-4-9-19/h5-6,11H,1-4,7-10H2,(H,18,20). The van der Waals surface area contributed by atoms with E-state index in [0.717, 1.165) is 21.1 Å².